The van der Waals surface area contributed by atoms with Gasteiger partial charge in [-0.05, 0) is 77.8 Å². The Kier molecular flexibility index (Phi) is 13.4. The van der Waals surface area contributed by atoms with E-state index in [1.807, 2.05) is 24.1 Å². The highest BCUT2D eigenvalue weighted by Crippen LogP contribution is 2.20. The van der Waals surface area contributed by atoms with Crippen molar-refractivity contribution in [1.82, 2.24) is 30.6 Å². The van der Waals surface area contributed by atoms with Crippen molar-refractivity contribution in [3.8, 4) is 0 Å². The number of hydrogen-bond acceptors (Lipinski definition) is 13. The first-order valence-corrected chi connectivity index (χ1v) is 22.0. The molecule has 2 heterocycles. The molecule has 2 aromatic carbocycles. The molecular formula is C40H55N9O6Si. The number of ether oxygens (including phenoxy) is 2. The minimum Gasteiger partial charge on any atom is -0.460 e. The van der Waals surface area contributed by atoms with Crippen molar-refractivity contribution in [2.75, 3.05) is 23.4 Å². The molecule has 0 saturated carbocycles. The van der Waals surface area contributed by atoms with Gasteiger partial charge in [0.05, 0.1) is 26.5 Å². The molecule has 6 N–H and O–H groups in total. The molecule has 0 spiro atoms. The molecule has 0 saturated heterocycles. The van der Waals surface area contributed by atoms with Crippen molar-refractivity contribution in [3.63, 3.8) is 0 Å². The Hall–Kier alpha value is -5.64. The van der Waals surface area contributed by atoms with Crippen LogP contribution in [-0.4, -0.2) is 82.1 Å². The van der Waals surface area contributed by atoms with Crippen LogP contribution >= 0.6 is 0 Å². The number of esters is 2. The van der Waals surface area contributed by atoms with Crippen LogP contribution in [0.4, 0.5) is 17.5 Å². The van der Waals surface area contributed by atoms with E-state index in [9.17, 15) is 19.2 Å². The molecule has 16 heteroatoms. The summed E-state index contributed by atoms with van der Waals surface area (Å²) in [5, 5.41) is 6.82. The lowest BCUT2D eigenvalue weighted by molar-refractivity contribution is -0.159. The predicted octanol–water partition coefficient (Wildman–Crippen LogP) is 4.06. The van der Waals surface area contributed by atoms with Crippen LogP contribution in [0.15, 0.2) is 54.7 Å². The van der Waals surface area contributed by atoms with Gasteiger partial charge in [-0.3, -0.25) is 14.4 Å². The van der Waals surface area contributed by atoms with Crippen molar-refractivity contribution in [1.29, 1.82) is 0 Å². The fourth-order valence-electron chi connectivity index (χ4n) is 5.66. The Bertz CT molecular complexity index is 2060. The zero-order valence-electron chi connectivity index (χ0n) is 34.0. The maximum atomic E-state index is 14.0. The topological polar surface area (TPSA) is 218 Å². The molecular weight excluding hydrogens is 731 g/mol. The van der Waals surface area contributed by atoms with Crippen LogP contribution < -0.4 is 32.2 Å². The number of rotatable bonds is 14. The zero-order chi connectivity index (χ0) is 41.6. The summed E-state index contributed by atoms with van der Waals surface area (Å²) in [5.41, 5.74) is 13.2. The summed E-state index contributed by atoms with van der Waals surface area (Å²) in [7, 11) is 0.175. The van der Waals surface area contributed by atoms with Crippen molar-refractivity contribution < 1.29 is 28.7 Å². The van der Waals surface area contributed by atoms with Gasteiger partial charge in [-0.1, -0.05) is 49.1 Å². The van der Waals surface area contributed by atoms with Crippen LogP contribution in [0.2, 0.25) is 19.6 Å². The Morgan fingerprint density at radius 3 is 2.14 bits per heavy atom. The van der Waals surface area contributed by atoms with Gasteiger partial charge < -0.3 is 36.5 Å². The van der Waals surface area contributed by atoms with Crippen molar-refractivity contribution in [3.05, 3.63) is 71.5 Å². The van der Waals surface area contributed by atoms with Crippen LogP contribution in [0.25, 0.3) is 11.2 Å². The van der Waals surface area contributed by atoms with Crippen molar-refractivity contribution in [2.24, 2.45) is 0 Å². The average molecular weight is 786 g/mol. The first-order chi connectivity index (χ1) is 26.0. The Morgan fingerprint density at radius 1 is 0.857 bits per heavy atom. The monoisotopic (exact) mass is 785 g/mol. The van der Waals surface area contributed by atoms with Crippen LogP contribution in [0, 0.1) is 0 Å². The Morgan fingerprint density at radius 2 is 1.52 bits per heavy atom. The number of amides is 2. The summed E-state index contributed by atoms with van der Waals surface area (Å²) in [6.07, 6.45) is 1.51. The molecule has 2 atom stereocenters. The number of nitrogens with one attached hydrogen (secondary N) is 2. The number of nitrogens with two attached hydrogens (primary N) is 2. The molecule has 0 radical (unpaired) electrons. The fraction of sp³-hybridized carbons (Fsp3) is 0.450. The molecule has 0 fully saturated rings. The van der Waals surface area contributed by atoms with E-state index in [2.05, 4.69) is 62.3 Å². The third-order valence-corrected chi connectivity index (χ3v) is 10.4. The number of carbonyl (C=O) groups is 4. The first-order valence-electron chi connectivity index (χ1n) is 18.5. The molecule has 56 heavy (non-hydrogen) atoms. The SMILES string of the molecule is CN(Cc1cnc2nc(N)nc(N)c2n1)c1ccc(C(=O)N[C@@H](CCC(=O)OC(C)(C)C)C(=O)N[C@@H](Cc2cccc([Si](C)(C)C)c2)C(=O)OC(C)(C)C)cc1. The van der Waals surface area contributed by atoms with Crippen molar-refractivity contribution in [2.45, 2.75) is 110 Å². The second-order valence-electron chi connectivity index (χ2n) is 16.8. The molecule has 0 aliphatic carbocycles. The van der Waals surface area contributed by atoms with Gasteiger partial charge in [0.1, 0.15) is 23.3 Å². The normalized spacial score (nSPS) is 13.0. The minimum atomic E-state index is -1.68. The minimum absolute atomic E-state index is 0.0113. The molecule has 2 aromatic heterocycles. The lowest BCUT2D eigenvalue weighted by atomic mass is 10.0. The molecule has 15 nitrogen and oxygen atoms in total. The summed E-state index contributed by atoms with van der Waals surface area (Å²) in [4.78, 5) is 72.7. The highest BCUT2D eigenvalue weighted by Gasteiger charge is 2.32. The number of benzene rings is 2. The summed E-state index contributed by atoms with van der Waals surface area (Å²) >= 11 is 0. The lowest BCUT2D eigenvalue weighted by Gasteiger charge is -2.27. The fourth-order valence-corrected chi connectivity index (χ4v) is 6.88. The van der Waals surface area contributed by atoms with Gasteiger partial charge in [0.2, 0.25) is 11.9 Å². The number of hydrogen-bond donors (Lipinski definition) is 4. The van der Waals surface area contributed by atoms with Crippen molar-refractivity contribution >= 4 is 65.6 Å². The van der Waals surface area contributed by atoms with E-state index in [1.165, 1.54) is 5.19 Å². The van der Waals surface area contributed by atoms with Crippen LogP contribution in [-0.2, 0) is 36.8 Å². The van der Waals surface area contributed by atoms with Gasteiger partial charge in [-0.25, -0.2) is 14.8 Å². The molecule has 4 rings (SSSR count). The number of aromatic nitrogens is 4. The summed E-state index contributed by atoms with van der Waals surface area (Å²) in [6, 6.07) is 12.5. The van der Waals surface area contributed by atoms with Gasteiger partial charge in [0.25, 0.3) is 5.91 Å². The Labute approximate surface area is 329 Å². The quantitative estimate of drug-likeness (QED) is 0.105. The number of anilines is 3. The summed E-state index contributed by atoms with van der Waals surface area (Å²) in [6.45, 7) is 17.5. The number of nitrogens with zero attached hydrogens (tertiary/aromatic N) is 5. The molecule has 0 bridgehead atoms. The van der Waals surface area contributed by atoms with Gasteiger partial charge in [0, 0.05) is 31.1 Å². The number of carbonyl (C=O) groups excluding carboxylic acids is 4. The summed E-state index contributed by atoms with van der Waals surface area (Å²) in [5.74, 6) is -2.18. The molecule has 0 unspecified atom stereocenters. The van der Waals surface area contributed by atoms with Gasteiger partial charge in [0.15, 0.2) is 17.0 Å². The highest BCUT2D eigenvalue weighted by atomic mass is 28.3. The summed E-state index contributed by atoms with van der Waals surface area (Å²) < 4.78 is 11.2. The molecule has 2 amide bonds. The van der Waals surface area contributed by atoms with Crippen LogP contribution in [0.5, 0.6) is 0 Å². The van der Waals surface area contributed by atoms with E-state index in [4.69, 9.17) is 20.9 Å². The zero-order valence-corrected chi connectivity index (χ0v) is 35.0. The standard InChI is InChI=1S/C40H55N9O6Si/c1-39(2,3)54-31(50)19-18-29(36(52)46-30(37(53)55-40(4,5)6)21-24-12-11-13-28(20-24)56(8,9)10)45-35(51)25-14-16-27(17-15-25)49(7)23-26-22-43-34-32(44-26)33(41)47-38(42)48-34/h11-17,20,22,29-30H,18-19,21,23H2,1-10H3,(H,45,51)(H,46,52)(H4,41,42,43,47,48)/t29-,30-/m0/s1. The molecule has 0 aliphatic heterocycles. The third-order valence-electron chi connectivity index (χ3n) is 8.39. The van der Waals surface area contributed by atoms with E-state index in [1.54, 1.807) is 72.0 Å². The second kappa shape index (κ2) is 17.4. The lowest BCUT2D eigenvalue weighted by Crippen LogP contribution is -2.53. The third kappa shape index (κ3) is 12.7. The second-order valence-corrected chi connectivity index (χ2v) is 21.9. The smallest absolute Gasteiger partial charge is 0.329 e. The molecule has 4 aromatic rings. The highest BCUT2D eigenvalue weighted by molar-refractivity contribution is 6.88. The Balaban J connectivity index is 1.53. The van der Waals surface area contributed by atoms with E-state index in [0.717, 1.165) is 11.3 Å². The average Bonchev–Trinajstić information content (AvgIpc) is 3.08. The molecule has 0 aliphatic rings. The molecule has 300 valence electrons. The van der Waals surface area contributed by atoms with Gasteiger partial charge in [-0.2, -0.15) is 9.97 Å². The van der Waals surface area contributed by atoms with E-state index >= 15 is 0 Å². The van der Waals surface area contributed by atoms with Crippen LogP contribution in [0.1, 0.15) is 76.0 Å². The predicted molar refractivity (Wildman–Crippen MR) is 220 cm³/mol. The van der Waals surface area contributed by atoms with E-state index in [-0.39, 0.29) is 36.6 Å². The largest absolute Gasteiger partial charge is 0.460 e. The van der Waals surface area contributed by atoms with E-state index in [0.29, 0.717) is 23.4 Å². The number of fused-ring (bicyclic) bond motifs is 1. The van der Waals surface area contributed by atoms with Gasteiger partial charge >= 0.3 is 11.9 Å². The maximum Gasteiger partial charge on any atom is 0.329 e. The first kappa shape index (κ1) is 43.1. The number of nitrogen functional groups attached to an aromatic ring is 2. The van der Waals surface area contributed by atoms with Gasteiger partial charge in [-0.15, -0.1) is 0 Å². The maximum absolute atomic E-state index is 14.0. The van der Waals surface area contributed by atoms with E-state index < -0.39 is 55.1 Å². The van der Waals surface area contributed by atoms with Crippen LogP contribution in [0.3, 0.4) is 0 Å².